The molecule has 5 rings (SSSR count). The molecule has 6 nitrogen and oxygen atoms in total. The summed E-state index contributed by atoms with van der Waals surface area (Å²) in [5.41, 5.74) is -1.84. The van der Waals surface area contributed by atoms with Crippen LogP contribution in [0.25, 0.3) is 0 Å². The van der Waals surface area contributed by atoms with Crippen LogP contribution >= 0.6 is 0 Å². The normalized spacial score (nSPS) is 17.7. The van der Waals surface area contributed by atoms with Crippen molar-refractivity contribution in [1.29, 1.82) is 0 Å². The largest absolute Gasteiger partial charge is 0.416 e. The lowest BCUT2D eigenvalue weighted by atomic mass is 9.89. The molecule has 2 aliphatic rings. The number of hydrogen-bond acceptors (Lipinski definition) is 4. The molecule has 12 heteroatoms. The van der Waals surface area contributed by atoms with Crippen molar-refractivity contribution in [3.05, 3.63) is 94.5 Å². The van der Waals surface area contributed by atoms with E-state index in [1.165, 1.54) is 17.7 Å². The van der Waals surface area contributed by atoms with Gasteiger partial charge in [0.05, 0.1) is 22.8 Å². The van der Waals surface area contributed by atoms with Gasteiger partial charge in [0.1, 0.15) is 0 Å². The Hall–Kier alpha value is -4.06. The number of amides is 2. The van der Waals surface area contributed by atoms with E-state index in [2.05, 4.69) is 27.7 Å². The predicted molar refractivity (Wildman–Crippen MR) is 157 cm³/mol. The Balaban J connectivity index is 1.37. The molecule has 1 atom stereocenters. The summed E-state index contributed by atoms with van der Waals surface area (Å²) in [6.07, 6.45) is -5.91. The molecule has 0 unspecified atom stereocenters. The molecule has 0 saturated carbocycles. The van der Waals surface area contributed by atoms with E-state index < -0.39 is 40.9 Å². The van der Waals surface area contributed by atoms with Crippen LogP contribution in [-0.2, 0) is 23.5 Å². The number of halogens is 6. The first-order valence-corrected chi connectivity index (χ1v) is 14.8. The second kappa shape index (κ2) is 13.5. The van der Waals surface area contributed by atoms with Gasteiger partial charge in [0.25, 0.3) is 11.8 Å². The van der Waals surface area contributed by atoms with Crippen LogP contribution in [0, 0.1) is 5.92 Å². The molecular formula is C33H33F6N3O3. The third-order valence-electron chi connectivity index (χ3n) is 8.19. The Bertz CT molecular complexity index is 1460. The molecule has 2 heterocycles. The van der Waals surface area contributed by atoms with Crippen molar-refractivity contribution in [1.82, 2.24) is 5.32 Å². The number of nitrogens with zero attached hydrogens (tertiary/aromatic N) is 1. The summed E-state index contributed by atoms with van der Waals surface area (Å²) in [5.74, 6) is -1.14. The van der Waals surface area contributed by atoms with Crippen molar-refractivity contribution in [2.45, 2.75) is 50.6 Å². The minimum Gasteiger partial charge on any atom is -0.376 e. The highest BCUT2D eigenvalue weighted by Crippen LogP contribution is 2.37. The van der Waals surface area contributed by atoms with Crippen molar-refractivity contribution in [2.75, 3.05) is 36.5 Å². The Morgan fingerprint density at radius 3 is 2.09 bits per heavy atom. The van der Waals surface area contributed by atoms with E-state index in [9.17, 15) is 35.9 Å². The fourth-order valence-corrected chi connectivity index (χ4v) is 5.79. The maximum Gasteiger partial charge on any atom is 0.416 e. The number of alkyl halides is 6. The number of hydrogen-bond donors (Lipinski definition) is 2. The van der Waals surface area contributed by atoms with Gasteiger partial charge in [-0.05, 0) is 80.0 Å². The Labute approximate surface area is 256 Å². The third-order valence-corrected chi connectivity index (χ3v) is 8.19. The quantitative estimate of drug-likeness (QED) is 0.255. The highest BCUT2D eigenvalue weighted by molar-refractivity contribution is 6.06. The van der Waals surface area contributed by atoms with E-state index >= 15 is 0 Å². The molecule has 2 amide bonds. The standard InChI is InChI=1S/C33H33F6N3O3/c34-32(35,36)24-16-23(17-25(18-24)33(37,38)39)30(43)41-26-8-9-29(28(19-26)31(44)40-20-27-7-4-14-45-27)42-12-10-22(11-13-42)15-21-5-2-1-3-6-21/h1-3,5-6,8-9,16-19,22,27H,4,7,10-15,20H2,(H,40,44)(H,41,43)/t27-/m0/s1. The fourth-order valence-electron chi connectivity index (χ4n) is 5.79. The van der Waals surface area contributed by atoms with Gasteiger partial charge in [0.15, 0.2) is 0 Å². The number of nitrogens with one attached hydrogen (secondary N) is 2. The molecule has 2 aliphatic heterocycles. The molecule has 0 aromatic heterocycles. The van der Waals surface area contributed by atoms with Crippen LogP contribution in [0.3, 0.4) is 0 Å². The summed E-state index contributed by atoms with van der Waals surface area (Å²) in [4.78, 5) is 28.5. The summed E-state index contributed by atoms with van der Waals surface area (Å²) in [7, 11) is 0. The van der Waals surface area contributed by atoms with Crippen LogP contribution in [0.4, 0.5) is 37.7 Å². The van der Waals surface area contributed by atoms with Gasteiger partial charge in [-0.3, -0.25) is 9.59 Å². The SMILES string of the molecule is O=C(Nc1ccc(N2CCC(Cc3ccccc3)CC2)c(C(=O)NC[C@@H]2CCCO2)c1)c1cc(C(F)(F)F)cc(C(F)(F)F)c1. The van der Waals surface area contributed by atoms with Gasteiger partial charge in [-0.1, -0.05) is 30.3 Å². The van der Waals surface area contributed by atoms with E-state index in [0.29, 0.717) is 43.4 Å². The van der Waals surface area contributed by atoms with Gasteiger partial charge in [-0.15, -0.1) is 0 Å². The smallest absolute Gasteiger partial charge is 0.376 e. The highest BCUT2D eigenvalue weighted by Gasteiger charge is 2.37. The van der Waals surface area contributed by atoms with Gasteiger partial charge >= 0.3 is 12.4 Å². The van der Waals surface area contributed by atoms with Crippen molar-refractivity contribution < 1.29 is 40.7 Å². The fraction of sp³-hybridized carbons (Fsp3) is 0.394. The topological polar surface area (TPSA) is 70.7 Å². The number of benzene rings is 3. The van der Waals surface area contributed by atoms with Crippen molar-refractivity contribution in [3.63, 3.8) is 0 Å². The second-order valence-electron chi connectivity index (χ2n) is 11.4. The molecule has 2 fully saturated rings. The lowest BCUT2D eigenvalue weighted by molar-refractivity contribution is -0.143. The molecule has 2 saturated heterocycles. The number of anilines is 2. The molecule has 2 N–H and O–H groups in total. The average Bonchev–Trinajstić information content (AvgIpc) is 3.54. The van der Waals surface area contributed by atoms with Gasteiger partial charge < -0.3 is 20.3 Å². The van der Waals surface area contributed by atoms with E-state index in [1.54, 1.807) is 6.07 Å². The zero-order valence-electron chi connectivity index (χ0n) is 24.3. The monoisotopic (exact) mass is 633 g/mol. The van der Waals surface area contributed by atoms with Gasteiger partial charge in [-0.25, -0.2) is 0 Å². The molecule has 0 bridgehead atoms. The minimum atomic E-state index is -5.10. The van der Waals surface area contributed by atoms with Gasteiger partial charge in [0.2, 0.25) is 0 Å². The first-order valence-electron chi connectivity index (χ1n) is 14.8. The highest BCUT2D eigenvalue weighted by atomic mass is 19.4. The maximum atomic E-state index is 13.4. The van der Waals surface area contributed by atoms with E-state index in [4.69, 9.17) is 4.74 Å². The van der Waals surface area contributed by atoms with Crippen LogP contribution in [0.2, 0.25) is 0 Å². The van der Waals surface area contributed by atoms with Crippen molar-refractivity contribution >= 4 is 23.2 Å². The molecule has 3 aromatic carbocycles. The summed E-state index contributed by atoms with van der Waals surface area (Å²) < 4.78 is 85.7. The molecule has 0 radical (unpaired) electrons. The Kier molecular flexibility index (Phi) is 9.71. The van der Waals surface area contributed by atoms with Crippen LogP contribution < -0.4 is 15.5 Å². The first-order chi connectivity index (χ1) is 21.4. The Morgan fingerprint density at radius 1 is 0.822 bits per heavy atom. The number of rotatable bonds is 8. The summed E-state index contributed by atoms with van der Waals surface area (Å²) >= 11 is 0. The van der Waals surface area contributed by atoms with Gasteiger partial charge in [-0.2, -0.15) is 26.3 Å². The number of piperidine rings is 1. The molecular weight excluding hydrogens is 600 g/mol. The van der Waals surface area contributed by atoms with E-state index in [1.807, 2.05) is 18.2 Å². The summed E-state index contributed by atoms with van der Waals surface area (Å²) in [5, 5.41) is 5.24. The molecule has 240 valence electrons. The van der Waals surface area contributed by atoms with Crippen LogP contribution in [0.5, 0.6) is 0 Å². The summed E-state index contributed by atoms with van der Waals surface area (Å²) in [6, 6.07) is 15.4. The summed E-state index contributed by atoms with van der Waals surface area (Å²) in [6.45, 7) is 2.24. The van der Waals surface area contributed by atoms with Crippen LogP contribution in [0.15, 0.2) is 66.7 Å². The molecule has 0 aliphatic carbocycles. The maximum absolute atomic E-state index is 13.4. The molecule has 3 aromatic rings. The van der Waals surface area contributed by atoms with E-state index in [-0.39, 0.29) is 30.0 Å². The second-order valence-corrected chi connectivity index (χ2v) is 11.4. The lowest BCUT2D eigenvalue weighted by Gasteiger charge is -2.35. The number of ether oxygens (including phenoxy) is 1. The van der Waals surface area contributed by atoms with Crippen LogP contribution in [0.1, 0.15) is 63.1 Å². The van der Waals surface area contributed by atoms with Crippen LogP contribution in [-0.4, -0.2) is 44.2 Å². The molecule has 0 spiro atoms. The van der Waals surface area contributed by atoms with E-state index in [0.717, 1.165) is 32.1 Å². The van der Waals surface area contributed by atoms with Gasteiger partial charge in [0, 0.05) is 43.2 Å². The molecule has 45 heavy (non-hydrogen) atoms. The Morgan fingerprint density at radius 2 is 1.49 bits per heavy atom. The van der Waals surface area contributed by atoms with Crippen molar-refractivity contribution in [3.8, 4) is 0 Å². The average molecular weight is 634 g/mol. The predicted octanol–water partition coefficient (Wildman–Crippen LogP) is 7.34. The number of carbonyl (C=O) groups is 2. The zero-order chi connectivity index (χ0) is 32.2. The first kappa shape index (κ1) is 32.3. The number of carbonyl (C=O) groups excluding carboxylic acids is 2. The minimum absolute atomic E-state index is 0.0366. The lowest BCUT2D eigenvalue weighted by Crippen LogP contribution is -2.37. The van der Waals surface area contributed by atoms with Crippen molar-refractivity contribution in [2.24, 2.45) is 5.92 Å². The zero-order valence-corrected chi connectivity index (χ0v) is 24.3. The third kappa shape index (κ3) is 8.36.